The number of fused-ring (bicyclic) bond motifs is 1. The lowest BCUT2D eigenvalue weighted by atomic mass is 10.1. The van der Waals surface area contributed by atoms with Crippen LogP contribution >= 0.6 is 11.6 Å². The van der Waals surface area contributed by atoms with Crippen LogP contribution in [0.2, 0.25) is 5.02 Å². The van der Waals surface area contributed by atoms with Crippen LogP contribution in [0.5, 0.6) is 0 Å². The topological polar surface area (TPSA) is 56.4 Å². The molecule has 5 nitrogen and oxygen atoms in total. The predicted molar refractivity (Wildman–Crippen MR) is 104 cm³/mol. The van der Waals surface area contributed by atoms with E-state index in [4.69, 9.17) is 11.6 Å². The Balaban J connectivity index is 1.54. The van der Waals surface area contributed by atoms with Crippen LogP contribution in [0.25, 0.3) is 10.9 Å². The van der Waals surface area contributed by atoms with Crippen LogP contribution in [-0.4, -0.2) is 42.0 Å². The van der Waals surface area contributed by atoms with E-state index in [-0.39, 0.29) is 16.9 Å². The minimum absolute atomic E-state index is 0.174. The minimum Gasteiger partial charge on any atom is -0.368 e. The summed E-state index contributed by atoms with van der Waals surface area (Å²) in [7, 11) is 0. The standard InChI is InChI=1S/C20H18ClN3O2/c21-14-6-7-16-18(12-14)22-13-17(19(16)25)20(26)24-10-8-23(9-11-24)15-4-2-1-3-5-15/h1-7,12-13H,8-11H2,(H,22,25). The van der Waals surface area contributed by atoms with Gasteiger partial charge in [-0.05, 0) is 30.3 Å². The number of halogens is 1. The third-order valence-corrected chi connectivity index (χ3v) is 5.00. The van der Waals surface area contributed by atoms with E-state index < -0.39 is 0 Å². The Hall–Kier alpha value is -2.79. The molecule has 0 saturated carbocycles. The molecular formula is C20H18ClN3O2. The van der Waals surface area contributed by atoms with Crippen molar-refractivity contribution in [1.29, 1.82) is 0 Å². The monoisotopic (exact) mass is 367 g/mol. The molecule has 2 aromatic carbocycles. The van der Waals surface area contributed by atoms with Gasteiger partial charge in [-0.1, -0.05) is 29.8 Å². The van der Waals surface area contributed by atoms with Crippen LogP contribution in [-0.2, 0) is 0 Å². The highest BCUT2D eigenvalue weighted by molar-refractivity contribution is 6.31. The van der Waals surface area contributed by atoms with E-state index in [1.165, 1.54) is 6.20 Å². The molecule has 0 unspecified atom stereocenters. The number of nitrogens with zero attached hydrogens (tertiary/aromatic N) is 2. The molecule has 3 aromatic rings. The Morgan fingerprint density at radius 3 is 2.46 bits per heavy atom. The molecule has 2 heterocycles. The first kappa shape index (κ1) is 16.7. The van der Waals surface area contributed by atoms with E-state index in [0.717, 1.165) is 18.8 Å². The quantitative estimate of drug-likeness (QED) is 0.757. The number of carbonyl (C=O) groups is 1. The van der Waals surface area contributed by atoms with Crippen molar-refractivity contribution in [3.63, 3.8) is 0 Å². The highest BCUT2D eigenvalue weighted by Crippen LogP contribution is 2.18. The number of rotatable bonds is 2. The number of nitrogens with one attached hydrogen (secondary N) is 1. The fourth-order valence-corrected chi connectivity index (χ4v) is 3.50. The molecule has 1 aliphatic heterocycles. The molecular weight excluding hydrogens is 350 g/mol. The van der Waals surface area contributed by atoms with Gasteiger partial charge in [0.25, 0.3) is 5.91 Å². The summed E-state index contributed by atoms with van der Waals surface area (Å²) in [5, 5.41) is 1.02. The van der Waals surface area contributed by atoms with Crippen LogP contribution in [0.4, 0.5) is 5.69 Å². The van der Waals surface area contributed by atoms with E-state index in [1.54, 1.807) is 23.1 Å². The molecule has 1 fully saturated rings. The van der Waals surface area contributed by atoms with Gasteiger partial charge in [0.1, 0.15) is 5.56 Å². The molecule has 26 heavy (non-hydrogen) atoms. The molecule has 132 valence electrons. The summed E-state index contributed by atoms with van der Waals surface area (Å²) in [6.45, 7) is 2.67. The maximum absolute atomic E-state index is 12.8. The van der Waals surface area contributed by atoms with Gasteiger partial charge in [-0.3, -0.25) is 9.59 Å². The van der Waals surface area contributed by atoms with Crippen molar-refractivity contribution < 1.29 is 4.79 Å². The first-order valence-electron chi connectivity index (χ1n) is 8.54. The number of aromatic amines is 1. The molecule has 6 heteroatoms. The zero-order valence-corrected chi connectivity index (χ0v) is 14.9. The van der Waals surface area contributed by atoms with E-state index in [0.29, 0.717) is 29.0 Å². The summed E-state index contributed by atoms with van der Waals surface area (Å²) in [5.74, 6) is -0.226. The Kier molecular flexibility index (Phi) is 4.39. The van der Waals surface area contributed by atoms with E-state index >= 15 is 0 Å². The van der Waals surface area contributed by atoms with Crippen molar-refractivity contribution in [1.82, 2.24) is 9.88 Å². The van der Waals surface area contributed by atoms with Gasteiger partial charge in [0.2, 0.25) is 5.43 Å². The third-order valence-electron chi connectivity index (χ3n) is 4.76. The van der Waals surface area contributed by atoms with Crippen molar-refractivity contribution in [2.45, 2.75) is 0 Å². The number of piperazine rings is 1. The second kappa shape index (κ2) is 6.84. The summed E-state index contributed by atoms with van der Waals surface area (Å²) in [6, 6.07) is 15.1. The Labute approximate surface area is 155 Å². The third kappa shape index (κ3) is 3.06. The molecule has 1 amide bonds. The lowest BCUT2D eigenvalue weighted by molar-refractivity contribution is 0.0745. The predicted octanol–water partition coefficient (Wildman–Crippen LogP) is 3.14. The van der Waals surface area contributed by atoms with E-state index in [9.17, 15) is 9.59 Å². The van der Waals surface area contributed by atoms with Crippen molar-refractivity contribution in [2.75, 3.05) is 31.1 Å². The van der Waals surface area contributed by atoms with Gasteiger partial charge in [0.05, 0.1) is 5.52 Å². The van der Waals surface area contributed by atoms with Gasteiger partial charge in [0, 0.05) is 48.5 Å². The van der Waals surface area contributed by atoms with E-state index in [1.807, 2.05) is 18.2 Å². The number of aromatic nitrogens is 1. The lowest BCUT2D eigenvalue weighted by Crippen LogP contribution is -2.49. The zero-order chi connectivity index (χ0) is 18.1. The Morgan fingerprint density at radius 1 is 1.00 bits per heavy atom. The fraction of sp³-hybridized carbons (Fsp3) is 0.200. The number of anilines is 1. The van der Waals surface area contributed by atoms with Crippen molar-refractivity contribution in [3.8, 4) is 0 Å². The van der Waals surface area contributed by atoms with Gasteiger partial charge >= 0.3 is 0 Å². The lowest BCUT2D eigenvalue weighted by Gasteiger charge is -2.36. The maximum Gasteiger partial charge on any atom is 0.259 e. The summed E-state index contributed by atoms with van der Waals surface area (Å²) < 4.78 is 0. The number of hydrogen-bond acceptors (Lipinski definition) is 3. The maximum atomic E-state index is 12.8. The summed E-state index contributed by atoms with van der Waals surface area (Å²) in [5.41, 5.74) is 1.70. The number of benzene rings is 2. The normalized spacial score (nSPS) is 14.7. The van der Waals surface area contributed by atoms with E-state index in [2.05, 4.69) is 22.0 Å². The smallest absolute Gasteiger partial charge is 0.259 e. The highest BCUT2D eigenvalue weighted by Gasteiger charge is 2.24. The van der Waals surface area contributed by atoms with Gasteiger partial charge < -0.3 is 14.8 Å². The number of H-pyrrole nitrogens is 1. The Bertz CT molecular complexity index is 1010. The first-order valence-corrected chi connectivity index (χ1v) is 8.91. The number of para-hydroxylation sites is 1. The van der Waals surface area contributed by atoms with Gasteiger partial charge in [-0.15, -0.1) is 0 Å². The molecule has 0 bridgehead atoms. The van der Waals surface area contributed by atoms with Crippen LogP contribution < -0.4 is 10.3 Å². The zero-order valence-electron chi connectivity index (χ0n) is 14.1. The number of pyridine rings is 1. The second-order valence-corrected chi connectivity index (χ2v) is 6.77. The Morgan fingerprint density at radius 2 is 1.73 bits per heavy atom. The van der Waals surface area contributed by atoms with Crippen molar-refractivity contribution >= 4 is 34.1 Å². The van der Waals surface area contributed by atoms with Crippen LogP contribution in [0.1, 0.15) is 10.4 Å². The molecule has 0 aliphatic carbocycles. The van der Waals surface area contributed by atoms with Crippen LogP contribution in [0.15, 0.2) is 59.5 Å². The first-order chi connectivity index (χ1) is 12.6. The summed E-state index contributed by atoms with van der Waals surface area (Å²) in [4.78, 5) is 32.5. The molecule has 1 aromatic heterocycles. The average molecular weight is 368 g/mol. The fourth-order valence-electron chi connectivity index (χ4n) is 3.33. The molecule has 1 N–H and O–H groups in total. The average Bonchev–Trinajstić information content (AvgIpc) is 2.68. The SMILES string of the molecule is O=C(c1c[nH]c2cc(Cl)ccc2c1=O)N1CCN(c2ccccc2)CC1. The number of hydrogen-bond donors (Lipinski definition) is 1. The number of carbonyl (C=O) groups excluding carboxylic acids is 1. The van der Waals surface area contributed by atoms with Crippen molar-refractivity contribution in [2.24, 2.45) is 0 Å². The van der Waals surface area contributed by atoms with Crippen LogP contribution in [0.3, 0.4) is 0 Å². The van der Waals surface area contributed by atoms with Crippen LogP contribution in [0, 0.1) is 0 Å². The number of amides is 1. The molecule has 0 atom stereocenters. The highest BCUT2D eigenvalue weighted by atomic mass is 35.5. The molecule has 0 radical (unpaired) electrons. The summed E-state index contributed by atoms with van der Waals surface area (Å²) >= 11 is 5.96. The molecule has 4 rings (SSSR count). The largest absolute Gasteiger partial charge is 0.368 e. The molecule has 1 saturated heterocycles. The molecule has 1 aliphatic rings. The van der Waals surface area contributed by atoms with Gasteiger partial charge in [-0.25, -0.2) is 0 Å². The second-order valence-electron chi connectivity index (χ2n) is 6.34. The molecule has 0 spiro atoms. The summed E-state index contributed by atoms with van der Waals surface area (Å²) in [6.07, 6.45) is 1.49. The van der Waals surface area contributed by atoms with Gasteiger partial charge in [0.15, 0.2) is 0 Å². The van der Waals surface area contributed by atoms with Crippen molar-refractivity contribution in [3.05, 3.63) is 75.5 Å². The van der Waals surface area contributed by atoms with Gasteiger partial charge in [-0.2, -0.15) is 0 Å². The minimum atomic E-state index is -0.258.